The van der Waals surface area contributed by atoms with Crippen molar-refractivity contribution < 1.29 is 9.59 Å². The summed E-state index contributed by atoms with van der Waals surface area (Å²) in [6.07, 6.45) is 4.35. The van der Waals surface area contributed by atoms with Crippen LogP contribution in [0.25, 0.3) is 0 Å². The Morgan fingerprint density at radius 1 is 1.08 bits per heavy atom. The number of benzene rings is 1. The predicted octanol–water partition coefficient (Wildman–Crippen LogP) is 2.12. The van der Waals surface area contributed by atoms with Gasteiger partial charge in [-0.05, 0) is 37.8 Å². The lowest BCUT2D eigenvalue weighted by molar-refractivity contribution is -0.133. The average Bonchev–Trinajstić information content (AvgIpc) is 3.24. The van der Waals surface area contributed by atoms with Crippen molar-refractivity contribution in [3.8, 4) is 0 Å². The number of carbonyl (C=O) groups excluding carboxylic acids is 2. The SMILES string of the molecule is CC(=O)N1CCC[C@@H]1[C@H]1CCCN1CC(=O)N(C)Cc1ccccc1. The van der Waals surface area contributed by atoms with E-state index in [1.807, 2.05) is 47.2 Å². The first kappa shape index (κ1) is 17.9. The van der Waals surface area contributed by atoms with Crippen molar-refractivity contribution in [3.63, 3.8) is 0 Å². The molecule has 0 N–H and O–H groups in total. The molecule has 0 aliphatic carbocycles. The molecule has 0 spiro atoms. The van der Waals surface area contributed by atoms with Crippen LogP contribution in [0.4, 0.5) is 0 Å². The molecule has 1 aromatic rings. The van der Waals surface area contributed by atoms with E-state index in [-0.39, 0.29) is 17.9 Å². The van der Waals surface area contributed by atoms with Crippen LogP contribution in [-0.4, -0.2) is 65.3 Å². The molecule has 136 valence electrons. The minimum atomic E-state index is 0.156. The normalized spacial score (nSPS) is 23.8. The molecule has 5 heteroatoms. The highest BCUT2D eigenvalue weighted by atomic mass is 16.2. The highest BCUT2D eigenvalue weighted by Crippen LogP contribution is 2.30. The fourth-order valence-corrected chi connectivity index (χ4v) is 4.31. The molecule has 2 amide bonds. The van der Waals surface area contributed by atoms with Gasteiger partial charge in [0.2, 0.25) is 11.8 Å². The van der Waals surface area contributed by atoms with Crippen LogP contribution in [-0.2, 0) is 16.1 Å². The van der Waals surface area contributed by atoms with E-state index in [1.54, 1.807) is 6.92 Å². The first-order valence-electron chi connectivity index (χ1n) is 9.35. The Labute approximate surface area is 150 Å². The van der Waals surface area contributed by atoms with Crippen LogP contribution in [0.3, 0.4) is 0 Å². The molecular formula is C20H29N3O2. The molecule has 2 saturated heterocycles. The fourth-order valence-electron chi connectivity index (χ4n) is 4.31. The topological polar surface area (TPSA) is 43.9 Å². The number of amides is 2. The Kier molecular flexibility index (Phi) is 5.74. The van der Waals surface area contributed by atoms with Gasteiger partial charge in [0, 0.05) is 39.1 Å². The number of likely N-dealkylation sites (tertiary alicyclic amines) is 2. The third-order valence-corrected chi connectivity index (χ3v) is 5.59. The van der Waals surface area contributed by atoms with Crippen LogP contribution in [0.15, 0.2) is 30.3 Å². The zero-order valence-electron chi connectivity index (χ0n) is 15.4. The largest absolute Gasteiger partial charge is 0.340 e. The second-order valence-electron chi connectivity index (χ2n) is 7.34. The monoisotopic (exact) mass is 343 g/mol. The summed E-state index contributed by atoms with van der Waals surface area (Å²) < 4.78 is 0. The molecule has 1 aromatic carbocycles. The van der Waals surface area contributed by atoms with Crippen LogP contribution in [0.5, 0.6) is 0 Å². The van der Waals surface area contributed by atoms with E-state index in [9.17, 15) is 9.59 Å². The highest BCUT2D eigenvalue weighted by Gasteiger charge is 2.39. The number of nitrogens with zero attached hydrogens (tertiary/aromatic N) is 3. The highest BCUT2D eigenvalue weighted by molar-refractivity contribution is 5.78. The number of rotatable bonds is 5. The minimum Gasteiger partial charge on any atom is -0.340 e. The van der Waals surface area contributed by atoms with Crippen molar-refractivity contribution in [2.24, 2.45) is 0 Å². The summed E-state index contributed by atoms with van der Waals surface area (Å²) in [6.45, 7) is 4.58. The van der Waals surface area contributed by atoms with E-state index in [0.29, 0.717) is 19.1 Å². The van der Waals surface area contributed by atoms with Crippen LogP contribution in [0.1, 0.15) is 38.2 Å². The molecular weight excluding hydrogens is 314 g/mol. The molecule has 5 nitrogen and oxygen atoms in total. The van der Waals surface area contributed by atoms with Crippen LogP contribution in [0, 0.1) is 0 Å². The van der Waals surface area contributed by atoms with Crippen molar-refractivity contribution >= 4 is 11.8 Å². The maximum atomic E-state index is 12.7. The Morgan fingerprint density at radius 2 is 1.76 bits per heavy atom. The number of hydrogen-bond acceptors (Lipinski definition) is 3. The van der Waals surface area contributed by atoms with E-state index in [0.717, 1.165) is 44.3 Å². The first-order chi connectivity index (χ1) is 12.1. The van der Waals surface area contributed by atoms with Crippen molar-refractivity contribution in [1.29, 1.82) is 0 Å². The molecule has 0 radical (unpaired) electrons. The Bertz CT molecular complexity index is 604. The van der Waals surface area contributed by atoms with Crippen LogP contribution < -0.4 is 0 Å². The summed E-state index contributed by atoms with van der Waals surface area (Å²) >= 11 is 0. The van der Waals surface area contributed by atoms with Gasteiger partial charge in [-0.15, -0.1) is 0 Å². The lowest BCUT2D eigenvalue weighted by atomic mass is 10.0. The molecule has 2 heterocycles. The third kappa shape index (κ3) is 4.21. The van der Waals surface area contributed by atoms with Crippen molar-refractivity contribution in [3.05, 3.63) is 35.9 Å². The molecule has 2 aliphatic heterocycles. The molecule has 0 aromatic heterocycles. The average molecular weight is 343 g/mol. The van der Waals surface area contributed by atoms with Crippen molar-refractivity contribution in [2.75, 3.05) is 26.7 Å². The summed E-state index contributed by atoms with van der Waals surface area (Å²) in [5, 5.41) is 0. The Balaban J connectivity index is 1.59. The van der Waals surface area contributed by atoms with Gasteiger partial charge in [-0.2, -0.15) is 0 Å². The van der Waals surface area contributed by atoms with Gasteiger partial charge in [-0.3, -0.25) is 14.5 Å². The zero-order chi connectivity index (χ0) is 17.8. The minimum absolute atomic E-state index is 0.156. The zero-order valence-corrected chi connectivity index (χ0v) is 15.4. The summed E-state index contributed by atoms with van der Waals surface area (Å²) in [7, 11) is 1.87. The summed E-state index contributed by atoms with van der Waals surface area (Å²) in [6, 6.07) is 10.7. The number of likely N-dealkylation sites (N-methyl/N-ethyl adjacent to an activating group) is 1. The first-order valence-corrected chi connectivity index (χ1v) is 9.35. The Hall–Kier alpha value is -1.88. The quantitative estimate of drug-likeness (QED) is 0.823. The van der Waals surface area contributed by atoms with Crippen LogP contribution in [0.2, 0.25) is 0 Å². The van der Waals surface area contributed by atoms with Gasteiger partial charge in [0.1, 0.15) is 0 Å². The second kappa shape index (κ2) is 8.00. The van der Waals surface area contributed by atoms with Gasteiger partial charge in [-0.25, -0.2) is 0 Å². The fraction of sp³-hybridized carbons (Fsp3) is 0.600. The third-order valence-electron chi connectivity index (χ3n) is 5.59. The van der Waals surface area contributed by atoms with Gasteiger partial charge in [0.15, 0.2) is 0 Å². The van der Waals surface area contributed by atoms with Gasteiger partial charge in [0.05, 0.1) is 6.54 Å². The smallest absolute Gasteiger partial charge is 0.236 e. The molecule has 25 heavy (non-hydrogen) atoms. The van der Waals surface area contributed by atoms with E-state index in [1.165, 1.54) is 0 Å². The van der Waals surface area contributed by atoms with Gasteiger partial charge in [-0.1, -0.05) is 30.3 Å². The summed E-state index contributed by atoms with van der Waals surface area (Å²) in [4.78, 5) is 30.7. The summed E-state index contributed by atoms with van der Waals surface area (Å²) in [5.74, 6) is 0.324. The lowest BCUT2D eigenvalue weighted by Crippen LogP contribution is -2.50. The number of carbonyl (C=O) groups is 2. The summed E-state index contributed by atoms with van der Waals surface area (Å²) in [5.41, 5.74) is 1.15. The van der Waals surface area contributed by atoms with Gasteiger partial charge < -0.3 is 9.80 Å². The molecule has 3 rings (SSSR count). The molecule has 0 saturated carbocycles. The molecule has 0 bridgehead atoms. The standard InChI is InChI=1S/C20H29N3O2/c1-16(24)23-13-7-11-19(23)18-10-6-12-22(18)15-20(25)21(2)14-17-8-4-3-5-9-17/h3-5,8-9,18-19H,6-7,10-15H2,1-2H3/t18-,19-/m1/s1. The second-order valence-corrected chi connectivity index (χ2v) is 7.34. The van der Waals surface area contributed by atoms with Crippen molar-refractivity contribution in [2.45, 2.75) is 51.2 Å². The van der Waals surface area contributed by atoms with Crippen LogP contribution >= 0.6 is 0 Å². The van der Waals surface area contributed by atoms with Gasteiger partial charge >= 0.3 is 0 Å². The molecule has 2 fully saturated rings. The molecule has 0 unspecified atom stereocenters. The maximum Gasteiger partial charge on any atom is 0.236 e. The maximum absolute atomic E-state index is 12.7. The molecule has 2 aliphatic rings. The van der Waals surface area contributed by atoms with E-state index < -0.39 is 0 Å². The molecule has 2 atom stereocenters. The van der Waals surface area contributed by atoms with E-state index >= 15 is 0 Å². The predicted molar refractivity (Wildman–Crippen MR) is 97.9 cm³/mol. The van der Waals surface area contributed by atoms with Crippen molar-refractivity contribution in [1.82, 2.24) is 14.7 Å². The Morgan fingerprint density at radius 3 is 2.48 bits per heavy atom. The van der Waals surface area contributed by atoms with E-state index in [2.05, 4.69) is 4.90 Å². The lowest BCUT2D eigenvalue weighted by Gasteiger charge is -2.35. The van der Waals surface area contributed by atoms with E-state index in [4.69, 9.17) is 0 Å². The number of hydrogen-bond donors (Lipinski definition) is 0. The van der Waals surface area contributed by atoms with Gasteiger partial charge in [0.25, 0.3) is 0 Å².